The number of carbonyl (C=O) groups is 1. The fourth-order valence-electron chi connectivity index (χ4n) is 0.532. The molecule has 0 aliphatic rings. The molecule has 0 spiro atoms. The van der Waals surface area contributed by atoms with Crippen molar-refractivity contribution in [2.45, 2.75) is 13.8 Å². The summed E-state index contributed by atoms with van der Waals surface area (Å²) >= 11 is 0. The molecule has 0 bridgehead atoms. The molecule has 1 aromatic carbocycles. The van der Waals surface area contributed by atoms with Crippen molar-refractivity contribution in [3.05, 3.63) is 49.7 Å². The molecule has 1 rings (SSSR count). The standard InChI is InChI=1S/C7H6O.2C2H5.Zn/c8-6-7-4-2-1-3-5-7;2*1-2;/h1-6H;2*1H2,2H3;/q;2*-1;. The number of benzene rings is 1. The minimum atomic E-state index is 0. The van der Waals surface area contributed by atoms with E-state index in [0.717, 1.165) is 11.8 Å². The van der Waals surface area contributed by atoms with Crippen LogP contribution in [0, 0.1) is 13.8 Å². The second kappa shape index (κ2) is 17.6. The van der Waals surface area contributed by atoms with Gasteiger partial charge in [-0.3, -0.25) is 4.79 Å². The van der Waals surface area contributed by atoms with Crippen LogP contribution in [0.1, 0.15) is 24.2 Å². The maximum absolute atomic E-state index is 10.0. The number of hydrogen-bond acceptors (Lipinski definition) is 1. The van der Waals surface area contributed by atoms with Gasteiger partial charge in [0.25, 0.3) is 0 Å². The molecule has 1 aromatic rings. The van der Waals surface area contributed by atoms with Gasteiger partial charge in [0.15, 0.2) is 0 Å². The predicted octanol–water partition coefficient (Wildman–Crippen LogP) is 3.18. The Balaban J connectivity index is -0.000000178. The third-order valence-electron chi connectivity index (χ3n) is 0.936. The Morgan fingerprint density at radius 1 is 1.00 bits per heavy atom. The maximum Gasteiger partial charge on any atom is 0.150 e. The molecule has 13 heavy (non-hydrogen) atoms. The second-order valence-corrected chi connectivity index (χ2v) is 1.53. The SMILES string of the molecule is O=Cc1ccccc1.[CH2-]C.[CH2-]C.[Zn]. The van der Waals surface area contributed by atoms with Gasteiger partial charge in [-0.1, -0.05) is 30.3 Å². The van der Waals surface area contributed by atoms with Crippen molar-refractivity contribution in [3.63, 3.8) is 0 Å². The molecule has 0 radical (unpaired) electrons. The number of rotatable bonds is 1. The van der Waals surface area contributed by atoms with Crippen LogP contribution in [0.4, 0.5) is 0 Å². The van der Waals surface area contributed by atoms with Crippen molar-refractivity contribution in [1.82, 2.24) is 0 Å². The first kappa shape index (κ1) is 18.3. The van der Waals surface area contributed by atoms with Crippen LogP contribution >= 0.6 is 0 Å². The average molecular weight is 230 g/mol. The molecular formula is C11H16OZn-2. The van der Waals surface area contributed by atoms with Crippen LogP contribution in [-0.2, 0) is 19.5 Å². The van der Waals surface area contributed by atoms with E-state index >= 15 is 0 Å². The first-order chi connectivity index (χ1) is 5.93. The third kappa shape index (κ3) is 11.5. The molecule has 0 unspecified atom stereocenters. The van der Waals surface area contributed by atoms with Gasteiger partial charge in [-0.25, -0.2) is 0 Å². The fraction of sp³-hybridized carbons (Fsp3) is 0.182. The summed E-state index contributed by atoms with van der Waals surface area (Å²) < 4.78 is 0. The molecule has 0 saturated heterocycles. The quantitative estimate of drug-likeness (QED) is 0.411. The van der Waals surface area contributed by atoms with Gasteiger partial charge >= 0.3 is 0 Å². The fourth-order valence-corrected chi connectivity index (χ4v) is 0.532. The summed E-state index contributed by atoms with van der Waals surface area (Å²) in [6.07, 6.45) is 0.833. The summed E-state index contributed by atoms with van der Waals surface area (Å²) in [5.74, 6) is 0. The van der Waals surface area contributed by atoms with Gasteiger partial charge in [-0.15, -0.1) is 0 Å². The minimum Gasteiger partial charge on any atom is -0.346 e. The Morgan fingerprint density at radius 2 is 1.38 bits per heavy atom. The molecule has 0 amide bonds. The zero-order valence-electron chi connectivity index (χ0n) is 8.49. The Hall–Kier alpha value is -0.487. The normalized spacial score (nSPS) is 6.15. The Bertz CT molecular complexity index is 173. The topological polar surface area (TPSA) is 17.1 Å². The van der Waals surface area contributed by atoms with Crippen molar-refractivity contribution < 1.29 is 24.3 Å². The van der Waals surface area contributed by atoms with Crippen LogP contribution in [0.25, 0.3) is 0 Å². The monoisotopic (exact) mass is 228 g/mol. The van der Waals surface area contributed by atoms with Crippen molar-refractivity contribution in [3.8, 4) is 0 Å². The van der Waals surface area contributed by atoms with E-state index in [1.54, 1.807) is 26.0 Å². The number of hydrogen-bond donors (Lipinski definition) is 0. The first-order valence-corrected chi connectivity index (χ1v) is 3.85. The zero-order valence-corrected chi connectivity index (χ0v) is 11.5. The van der Waals surface area contributed by atoms with Gasteiger partial charge in [-0.2, -0.15) is 13.8 Å². The van der Waals surface area contributed by atoms with Gasteiger partial charge in [-0.05, 0) is 0 Å². The molecule has 0 aliphatic heterocycles. The summed E-state index contributed by atoms with van der Waals surface area (Å²) in [7, 11) is 0. The zero-order chi connectivity index (χ0) is 9.82. The van der Waals surface area contributed by atoms with Crippen LogP contribution in [0.3, 0.4) is 0 Å². The second-order valence-electron chi connectivity index (χ2n) is 1.53. The summed E-state index contributed by atoms with van der Waals surface area (Å²) in [6, 6.07) is 9.10. The maximum atomic E-state index is 10.0. The van der Waals surface area contributed by atoms with E-state index in [9.17, 15) is 4.79 Å². The molecular weight excluding hydrogens is 214 g/mol. The van der Waals surface area contributed by atoms with E-state index in [2.05, 4.69) is 13.8 Å². The Morgan fingerprint density at radius 3 is 1.62 bits per heavy atom. The third-order valence-corrected chi connectivity index (χ3v) is 0.936. The molecule has 0 heterocycles. The van der Waals surface area contributed by atoms with Crippen molar-refractivity contribution in [2.24, 2.45) is 0 Å². The van der Waals surface area contributed by atoms with E-state index in [1.807, 2.05) is 18.2 Å². The first-order valence-electron chi connectivity index (χ1n) is 3.85. The molecule has 70 valence electrons. The van der Waals surface area contributed by atoms with E-state index < -0.39 is 0 Å². The summed E-state index contributed by atoms with van der Waals surface area (Å²) in [5.41, 5.74) is 0.729. The summed E-state index contributed by atoms with van der Waals surface area (Å²) in [5, 5.41) is 0. The van der Waals surface area contributed by atoms with Gasteiger partial charge in [0.2, 0.25) is 0 Å². The molecule has 0 fully saturated rings. The van der Waals surface area contributed by atoms with E-state index in [4.69, 9.17) is 0 Å². The molecule has 0 atom stereocenters. The smallest absolute Gasteiger partial charge is 0.150 e. The van der Waals surface area contributed by atoms with Crippen LogP contribution in [0.5, 0.6) is 0 Å². The predicted molar refractivity (Wildman–Crippen MR) is 53.9 cm³/mol. The van der Waals surface area contributed by atoms with Gasteiger partial charge < -0.3 is 13.8 Å². The van der Waals surface area contributed by atoms with Gasteiger partial charge in [0.05, 0.1) is 0 Å². The number of aldehydes is 1. The molecule has 0 aliphatic carbocycles. The largest absolute Gasteiger partial charge is 0.346 e. The summed E-state index contributed by atoms with van der Waals surface area (Å²) in [6.45, 7) is 10.0. The van der Waals surface area contributed by atoms with Crippen LogP contribution in [-0.4, -0.2) is 6.29 Å². The molecule has 0 N–H and O–H groups in total. The van der Waals surface area contributed by atoms with Crippen molar-refractivity contribution in [2.75, 3.05) is 0 Å². The molecule has 2 heteroatoms. The van der Waals surface area contributed by atoms with Crippen molar-refractivity contribution >= 4 is 6.29 Å². The minimum absolute atomic E-state index is 0. The van der Waals surface area contributed by atoms with Gasteiger partial charge in [0, 0.05) is 25.0 Å². The molecule has 0 aromatic heterocycles. The summed E-state index contributed by atoms with van der Waals surface area (Å²) in [4.78, 5) is 10.0. The van der Waals surface area contributed by atoms with Gasteiger partial charge in [0.1, 0.15) is 6.29 Å². The Labute approximate surface area is 94.3 Å². The van der Waals surface area contributed by atoms with Crippen LogP contribution < -0.4 is 0 Å². The molecule has 1 nitrogen and oxygen atoms in total. The Kier molecular flexibility index (Phi) is 24.8. The van der Waals surface area contributed by atoms with Crippen molar-refractivity contribution in [1.29, 1.82) is 0 Å². The van der Waals surface area contributed by atoms with E-state index in [-0.39, 0.29) is 19.5 Å². The van der Waals surface area contributed by atoms with E-state index in [0.29, 0.717) is 0 Å². The molecule has 0 saturated carbocycles. The number of carbonyl (C=O) groups excluding carboxylic acids is 1. The van der Waals surface area contributed by atoms with Crippen LogP contribution in [0.2, 0.25) is 0 Å². The average Bonchev–Trinajstić information content (AvgIpc) is 2.25. The van der Waals surface area contributed by atoms with Crippen LogP contribution in [0.15, 0.2) is 30.3 Å². The van der Waals surface area contributed by atoms with E-state index in [1.165, 1.54) is 0 Å².